The Morgan fingerprint density at radius 2 is 0.742 bits per heavy atom. The number of hydrogen-bond acceptors (Lipinski definition) is 2. The van der Waals surface area contributed by atoms with Gasteiger partial charge in [-0.15, -0.1) is 0 Å². The van der Waals surface area contributed by atoms with E-state index in [-0.39, 0.29) is 0 Å². The van der Waals surface area contributed by atoms with Gasteiger partial charge in [0, 0.05) is 25.5 Å². The Kier molecular flexibility index (Phi) is 19.4. The van der Waals surface area contributed by atoms with Crippen molar-refractivity contribution in [1.82, 2.24) is 9.80 Å². The van der Waals surface area contributed by atoms with E-state index in [2.05, 4.69) is 43.0 Å². The lowest BCUT2D eigenvalue weighted by atomic mass is 10.1. The smallest absolute Gasteiger partial charge is 0.101 e. The van der Waals surface area contributed by atoms with Gasteiger partial charge in [-0.05, 0) is 25.7 Å². The van der Waals surface area contributed by atoms with Crippen molar-refractivity contribution in [3.05, 3.63) is 12.4 Å². The van der Waals surface area contributed by atoms with Gasteiger partial charge in [0.25, 0.3) is 0 Å². The normalized spacial score (nSPS) is 16.0. The summed E-state index contributed by atoms with van der Waals surface area (Å²) < 4.78 is 0. The lowest BCUT2D eigenvalue weighted by molar-refractivity contribution is 0.135. The van der Waals surface area contributed by atoms with Crippen LogP contribution in [-0.2, 0) is 0 Å². The van der Waals surface area contributed by atoms with E-state index in [1.54, 1.807) is 0 Å². The molecule has 0 aromatic carbocycles. The van der Waals surface area contributed by atoms with Crippen molar-refractivity contribution >= 4 is 0 Å². The first-order chi connectivity index (χ1) is 15.3. The van der Waals surface area contributed by atoms with Crippen LogP contribution in [0.15, 0.2) is 12.4 Å². The monoisotopic (exact) mass is 434 g/mol. The molecule has 1 aliphatic rings. The molecule has 0 aromatic rings. The van der Waals surface area contributed by atoms with Crippen LogP contribution in [0, 0.1) is 0 Å². The third-order valence-electron chi connectivity index (χ3n) is 7.07. The Bertz CT molecular complexity index is 392. The molecule has 0 saturated carbocycles. The van der Waals surface area contributed by atoms with Crippen molar-refractivity contribution in [2.24, 2.45) is 0 Å². The predicted octanol–water partition coefficient (Wildman–Crippen LogP) is 9.65. The fourth-order valence-corrected chi connectivity index (χ4v) is 4.95. The molecule has 0 aliphatic carbocycles. The highest BCUT2D eigenvalue weighted by Crippen LogP contribution is 2.24. The fraction of sp³-hybridized carbons (Fsp3) is 0.931. The molecule has 1 heterocycles. The van der Waals surface area contributed by atoms with E-state index >= 15 is 0 Å². The summed E-state index contributed by atoms with van der Waals surface area (Å²) in [6.07, 6.45) is 35.0. The van der Waals surface area contributed by atoms with Crippen molar-refractivity contribution in [3.63, 3.8) is 0 Å². The minimum Gasteiger partial charge on any atom is -0.356 e. The average molecular weight is 435 g/mol. The molecule has 0 spiro atoms. The summed E-state index contributed by atoms with van der Waals surface area (Å²) in [4.78, 5) is 5.36. The summed E-state index contributed by atoms with van der Waals surface area (Å²) in [6, 6.07) is 0. The van der Waals surface area contributed by atoms with Gasteiger partial charge in [-0.25, -0.2) is 0 Å². The highest BCUT2D eigenvalue weighted by molar-refractivity contribution is 4.97. The highest BCUT2D eigenvalue weighted by Gasteiger charge is 2.24. The Hall–Kier alpha value is -0.660. The summed E-state index contributed by atoms with van der Waals surface area (Å²) in [7, 11) is 0. The third kappa shape index (κ3) is 14.9. The SMILES string of the molecule is CCCCCCCCCC1N(CCCCCCCC)C=CN1CCCCCCCCC. The lowest BCUT2D eigenvalue weighted by Gasteiger charge is -2.33. The maximum atomic E-state index is 2.68. The Morgan fingerprint density at radius 3 is 1.13 bits per heavy atom. The maximum absolute atomic E-state index is 2.68. The molecule has 0 amide bonds. The largest absolute Gasteiger partial charge is 0.356 e. The number of hydrogen-bond donors (Lipinski definition) is 0. The molecule has 0 fully saturated rings. The second-order valence-electron chi connectivity index (χ2n) is 10.1. The summed E-state index contributed by atoms with van der Waals surface area (Å²) in [5.41, 5.74) is 0. The summed E-state index contributed by atoms with van der Waals surface area (Å²) in [5, 5.41) is 0. The Balaban J connectivity index is 2.29. The van der Waals surface area contributed by atoms with E-state index in [1.165, 1.54) is 148 Å². The lowest BCUT2D eigenvalue weighted by Crippen LogP contribution is -2.39. The fourth-order valence-electron chi connectivity index (χ4n) is 4.95. The van der Waals surface area contributed by atoms with Gasteiger partial charge < -0.3 is 9.80 Å². The standard InChI is InChI=1S/C29H58N2/c1-4-7-10-13-16-18-21-24-29-30(25-22-19-15-12-9-6-3)27-28-31(29)26-23-20-17-14-11-8-5-2/h27-29H,4-26H2,1-3H3. The zero-order valence-electron chi connectivity index (χ0n) is 21.9. The minimum absolute atomic E-state index is 0.645. The van der Waals surface area contributed by atoms with Gasteiger partial charge in [-0.3, -0.25) is 0 Å². The molecule has 1 unspecified atom stereocenters. The number of unbranched alkanes of at least 4 members (excludes halogenated alkanes) is 17. The molecule has 0 saturated heterocycles. The van der Waals surface area contributed by atoms with Crippen molar-refractivity contribution in [2.75, 3.05) is 13.1 Å². The van der Waals surface area contributed by atoms with Crippen molar-refractivity contribution in [3.8, 4) is 0 Å². The first-order valence-corrected chi connectivity index (χ1v) is 14.5. The molecule has 2 nitrogen and oxygen atoms in total. The molecule has 0 bridgehead atoms. The molecule has 0 N–H and O–H groups in total. The summed E-state index contributed by atoms with van der Waals surface area (Å²) >= 11 is 0. The molecular weight excluding hydrogens is 376 g/mol. The van der Waals surface area contributed by atoms with Crippen LogP contribution in [0.4, 0.5) is 0 Å². The second kappa shape index (κ2) is 21.2. The molecule has 1 atom stereocenters. The van der Waals surface area contributed by atoms with Crippen LogP contribution in [0.3, 0.4) is 0 Å². The molecule has 0 radical (unpaired) electrons. The molecule has 1 aliphatic heterocycles. The zero-order valence-corrected chi connectivity index (χ0v) is 21.9. The predicted molar refractivity (Wildman–Crippen MR) is 140 cm³/mol. The third-order valence-corrected chi connectivity index (χ3v) is 7.07. The van der Waals surface area contributed by atoms with Gasteiger partial charge in [0.1, 0.15) is 6.17 Å². The molecule has 1 rings (SSSR count). The van der Waals surface area contributed by atoms with E-state index < -0.39 is 0 Å². The Morgan fingerprint density at radius 1 is 0.419 bits per heavy atom. The van der Waals surface area contributed by atoms with Gasteiger partial charge in [0.05, 0.1) is 0 Å². The maximum Gasteiger partial charge on any atom is 0.101 e. The molecular formula is C29H58N2. The average Bonchev–Trinajstić information content (AvgIpc) is 3.16. The van der Waals surface area contributed by atoms with Gasteiger partial charge >= 0.3 is 0 Å². The Labute approximate surface area is 197 Å². The first-order valence-electron chi connectivity index (χ1n) is 14.5. The topological polar surface area (TPSA) is 6.48 Å². The van der Waals surface area contributed by atoms with Gasteiger partial charge in [-0.1, -0.05) is 130 Å². The highest BCUT2D eigenvalue weighted by atomic mass is 15.4. The minimum atomic E-state index is 0.645. The van der Waals surface area contributed by atoms with Crippen LogP contribution >= 0.6 is 0 Å². The van der Waals surface area contributed by atoms with Gasteiger partial charge in [0.15, 0.2) is 0 Å². The van der Waals surface area contributed by atoms with Crippen molar-refractivity contribution in [1.29, 1.82) is 0 Å². The van der Waals surface area contributed by atoms with Crippen LogP contribution in [0.25, 0.3) is 0 Å². The van der Waals surface area contributed by atoms with Crippen molar-refractivity contribution in [2.45, 2.75) is 162 Å². The molecule has 184 valence electrons. The van der Waals surface area contributed by atoms with E-state index in [9.17, 15) is 0 Å². The summed E-state index contributed by atoms with van der Waals surface area (Å²) in [6.45, 7) is 9.45. The molecule has 31 heavy (non-hydrogen) atoms. The van der Waals surface area contributed by atoms with E-state index in [4.69, 9.17) is 0 Å². The van der Waals surface area contributed by atoms with Crippen LogP contribution in [-0.4, -0.2) is 29.1 Å². The zero-order chi connectivity index (χ0) is 22.4. The van der Waals surface area contributed by atoms with Gasteiger partial charge in [-0.2, -0.15) is 0 Å². The van der Waals surface area contributed by atoms with Crippen LogP contribution < -0.4 is 0 Å². The van der Waals surface area contributed by atoms with Crippen LogP contribution in [0.5, 0.6) is 0 Å². The molecule has 0 aromatic heterocycles. The molecule has 2 heteroatoms. The first kappa shape index (κ1) is 28.4. The van der Waals surface area contributed by atoms with E-state index in [0.717, 1.165) is 0 Å². The second-order valence-corrected chi connectivity index (χ2v) is 10.1. The number of nitrogens with zero attached hydrogens (tertiary/aromatic N) is 2. The van der Waals surface area contributed by atoms with Crippen LogP contribution in [0.2, 0.25) is 0 Å². The quantitative estimate of drug-likeness (QED) is 0.148. The van der Waals surface area contributed by atoms with E-state index in [0.29, 0.717) is 6.17 Å². The van der Waals surface area contributed by atoms with Gasteiger partial charge in [0.2, 0.25) is 0 Å². The van der Waals surface area contributed by atoms with Crippen molar-refractivity contribution < 1.29 is 0 Å². The van der Waals surface area contributed by atoms with E-state index in [1.807, 2.05) is 0 Å². The number of rotatable bonds is 23. The van der Waals surface area contributed by atoms with Crippen LogP contribution in [0.1, 0.15) is 156 Å². The summed E-state index contributed by atoms with van der Waals surface area (Å²) in [5.74, 6) is 0.